The fourth-order valence-electron chi connectivity index (χ4n) is 3.06. The fourth-order valence-corrected chi connectivity index (χ4v) is 3.06. The second-order valence-corrected chi connectivity index (χ2v) is 6.66. The maximum Gasteiger partial charge on any atom is 0.265 e. The average Bonchev–Trinajstić information content (AvgIpc) is 3.10. The van der Waals surface area contributed by atoms with Gasteiger partial charge in [0.1, 0.15) is 0 Å². The van der Waals surface area contributed by atoms with E-state index in [9.17, 15) is 4.79 Å². The van der Waals surface area contributed by atoms with Gasteiger partial charge in [-0.05, 0) is 30.1 Å². The molecule has 1 fully saturated rings. The molecule has 3 rings (SSSR count). The predicted molar refractivity (Wildman–Crippen MR) is 94.9 cm³/mol. The molecule has 2 aromatic rings. The molecule has 0 bridgehead atoms. The molecule has 1 aliphatic rings. The highest BCUT2D eigenvalue weighted by Gasteiger charge is 2.26. The first-order valence-corrected chi connectivity index (χ1v) is 8.65. The number of nitrogens with zero attached hydrogens (tertiary/aromatic N) is 4. The van der Waals surface area contributed by atoms with Crippen LogP contribution in [0.25, 0.3) is 0 Å². The monoisotopic (exact) mass is 343 g/mol. The van der Waals surface area contributed by atoms with Crippen LogP contribution in [0.1, 0.15) is 24.3 Å². The van der Waals surface area contributed by atoms with Gasteiger partial charge in [0.25, 0.3) is 5.95 Å². The molecule has 0 radical (unpaired) electrons. The molecule has 0 aliphatic carbocycles. The summed E-state index contributed by atoms with van der Waals surface area (Å²) in [6, 6.07) is 10.4. The molecule has 1 aliphatic heterocycles. The molecule has 1 amide bonds. The van der Waals surface area contributed by atoms with E-state index in [1.54, 1.807) is 4.90 Å². The highest BCUT2D eigenvalue weighted by atomic mass is 16.5. The summed E-state index contributed by atoms with van der Waals surface area (Å²) in [6.07, 6.45) is 1.96. The summed E-state index contributed by atoms with van der Waals surface area (Å²) in [4.78, 5) is 20.8. The SMILES string of the molecule is CN(C)c1noc(CNC(=O)[C@H]2CCCN(Cc3ccccc3)C2)n1. The lowest BCUT2D eigenvalue weighted by Crippen LogP contribution is -2.42. The fraction of sp³-hybridized carbons (Fsp3) is 0.500. The maximum absolute atomic E-state index is 12.5. The van der Waals surface area contributed by atoms with Crippen LogP contribution in [0.2, 0.25) is 0 Å². The normalized spacial score (nSPS) is 18.1. The van der Waals surface area contributed by atoms with Crippen molar-refractivity contribution < 1.29 is 9.32 Å². The molecule has 2 heterocycles. The van der Waals surface area contributed by atoms with Crippen LogP contribution < -0.4 is 10.2 Å². The van der Waals surface area contributed by atoms with Gasteiger partial charge in [0.05, 0.1) is 12.5 Å². The molecule has 0 saturated carbocycles. The van der Waals surface area contributed by atoms with E-state index in [0.717, 1.165) is 32.5 Å². The summed E-state index contributed by atoms with van der Waals surface area (Å²) in [6.45, 7) is 2.98. The minimum Gasteiger partial charge on any atom is -0.347 e. The highest BCUT2D eigenvalue weighted by molar-refractivity contribution is 5.78. The summed E-state index contributed by atoms with van der Waals surface area (Å²) in [5.74, 6) is 1.00. The molecular weight excluding hydrogens is 318 g/mol. The standard InChI is InChI=1S/C18H25N5O2/c1-22(2)18-20-16(25-21-18)11-19-17(24)15-9-6-10-23(13-15)12-14-7-4-3-5-8-14/h3-5,7-8,15H,6,9-13H2,1-2H3,(H,19,24)/t15-/m0/s1. The van der Waals surface area contributed by atoms with Crippen molar-refractivity contribution in [1.29, 1.82) is 0 Å². The Morgan fingerprint density at radius 3 is 2.88 bits per heavy atom. The van der Waals surface area contributed by atoms with E-state index in [-0.39, 0.29) is 18.4 Å². The Bertz CT molecular complexity index is 686. The van der Waals surface area contributed by atoms with Gasteiger partial charge in [0.2, 0.25) is 11.8 Å². The van der Waals surface area contributed by atoms with Crippen molar-refractivity contribution in [2.75, 3.05) is 32.1 Å². The number of aromatic nitrogens is 2. The van der Waals surface area contributed by atoms with Crippen LogP contribution in [-0.4, -0.2) is 48.1 Å². The van der Waals surface area contributed by atoms with Gasteiger partial charge in [-0.2, -0.15) is 4.98 Å². The minimum absolute atomic E-state index is 0.00806. The van der Waals surface area contributed by atoms with Crippen LogP contribution in [0, 0.1) is 5.92 Å². The number of rotatable bonds is 6. The zero-order chi connectivity index (χ0) is 17.6. The van der Waals surface area contributed by atoms with Crippen molar-refractivity contribution in [3.8, 4) is 0 Å². The number of amides is 1. The number of carbonyl (C=O) groups is 1. The Morgan fingerprint density at radius 1 is 1.36 bits per heavy atom. The number of benzene rings is 1. The first-order valence-electron chi connectivity index (χ1n) is 8.65. The van der Waals surface area contributed by atoms with Gasteiger partial charge < -0.3 is 14.7 Å². The number of likely N-dealkylation sites (tertiary alicyclic amines) is 1. The molecule has 25 heavy (non-hydrogen) atoms. The number of nitrogens with one attached hydrogen (secondary N) is 1. The first-order chi connectivity index (χ1) is 12.1. The van der Waals surface area contributed by atoms with Gasteiger partial charge in [0.15, 0.2) is 0 Å². The highest BCUT2D eigenvalue weighted by Crippen LogP contribution is 2.19. The maximum atomic E-state index is 12.5. The topological polar surface area (TPSA) is 74.5 Å². The molecule has 0 unspecified atom stereocenters. The molecule has 1 aromatic heterocycles. The van der Waals surface area contributed by atoms with Crippen LogP contribution in [0.4, 0.5) is 5.95 Å². The Morgan fingerprint density at radius 2 is 2.16 bits per heavy atom. The molecule has 134 valence electrons. The van der Waals surface area contributed by atoms with Crippen LogP contribution in [0.5, 0.6) is 0 Å². The van der Waals surface area contributed by atoms with E-state index in [0.29, 0.717) is 11.8 Å². The van der Waals surface area contributed by atoms with Gasteiger partial charge in [-0.3, -0.25) is 9.69 Å². The third-order valence-corrected chi connectivity index (χ3v) is 4.40. The zero-order valence-electron chi connectivity index (χ0n) is 14.8. The Balaban J connectivity index is 1.49. The molecule has 1 saturated heterocycles. The molecule has 1 N–H and O–H groups in total. The number of hydrogen-bond acceptors (Lipinski definition) is 6. The van der Waals surface area contributed by atoms with Crippen molar-refractivity contribution in [2.24, 2.45) is 5.92 Å². The predicted octanol–water partition coefficient (Wildman–Crippen LogP) is 1.66. The third kappa shape index (κ3) is 4.79. The lowest BCUT2D eigenvalue weighted by atomic mass is 9.96. The summed E-state index contributed by atoms with van der Waals surface area (Å²) in [7, 11) is 3.69. The summed E-state index contributed by atoms with van der Waals surface area (Å²) < 4.78 is 5.14. The largest absolute Gasteiger partial charge is 0.347 e. The average molecular weight is 343 g/mol. The lowest BCUT2D eigenvalue weighted by molar-refractivity contribution is -0.127. The second-order valence-electron chi connectivity index (χ2n) is 6.66. The Labute approximate surface area is 148 Å². The van der Waals surface area contributed by atoms with Crippen molar-refractivity contribution in [3.05, 3.63) is 41.8 Å². The van der Waals surface area contributed by atoms with E-state index in [2.05, 4.69) is 44.6 Å². The molecule has 1 aromatic carbocycles. The van der Waals surface area contributed by atoms with Gasteiger partial charge in [-0.15, -0.1) is 0 Å². The van der Waals surface area contributed by atoms with Crippen molar-refractivity contribution >= 4 is 11.9 Å². The smallest absolute Gasteiger partial charge is 0.265 e. The van der Waals surface area contributed by atoms with E-state index >= 15 is 0 Å². The van der Waals surface area contributed by atoms with E-state index in [1.165, 1.54) is 5.56 Å². The van der Waals surface area contributed by atoms with Gasteiger partial charge in [-0.25, -0.2) is 0 Å². The third-order valence-electron chi connectivity index (χ3n) is 4.40. The summed E-state index contributed by atoms with van der Waals surface area (Å²) in [5.41, 5.74) is 1.28. The lowest BCUT2D eigenvalue weighted by Gasteiger charge is -2.31. The Hall–Kier alpha value is -2.41. The molecule has 7 nitrogen and oxygen atoms in total. The zero-order valence-corrected chi connectivity index (χ0v) is 14.8. The van der Waals surface area contributed by atoms with Crippen molar-refractivity contribution in [1.82, 2.24) is 20.4 Å². The van der Waals surface area contributed by atoms with E-state index in [1.807, 2.05) is 20.2 Å². The van der Waals surface area contributed by atoms with Crippen LogP contribution in [-0.2, 0) is 17.9 Å². The van der Waals surface area contributed by atoms with Gasteiger partial charge in [-0.1, -0.05) is 30.3 Å². The molecule has 7 heteroatoms. The Kier molecular flexibility index (Phi) is 5.65. The van der Waals surface area contributed by atoms with Crippen LogP contribution in [0.15, 0.2) is 34.9 Å². The number of anilines is 1. The van der Waals surface area contributed by atoms with Crippen molar-refractivity contribution in [2.45, 2.75) is 25.9 Å². The van der Waals surface area contributed by atoms with Crippen molar-refractivity contribution in [3.63, 3.8) is 0 Å². The number of piperidine rings is 1. The molecule has 0 spiro atoms. The van der Waals surface area contributed by atoms with E-state index in [4.69, 9.17) is 4.52 Å². The number of carbonyl (C=O) groups excluding carboxylic acids is 1. The quantitative estimate of drug-likeness (QED) is 0.860. The van der Waals surface area contributed by atoms with Crippen LogP contribution >= 0.6 is 0 Å². The van der Waals surface area contributed by atoms with Gasteiger partial charge >= 0.3 is 0 Å². The van der Waals surface area contributed by atoms with E-state index < -0.39 is 0 Å². The first kappa shape index (κ1) is 17.4. The molecular formula is C18H25N5O2. The summed E-state index contributed by atoms with van der Waals surface area (Å²) in [5, 5.41) is 6.77. The molecule has 1 atom stereocenters. The summed E-state index contributed by atoms with van der Waals surface area (Å²) >= 11 is 0. The minimum atomic E-state index is 0.00806. The second kappa shape index (κ2) is 8.11. The number of hydrogen-bond donors (Lipinski definition) is 1. The van der Waals surface area contributed by atoms with Gasteiger partial charge in [0, 0.05) is 27.2 Å². The van der Waals surface area contributed by atoms with Crippen LogP contribution in [0.3, 0.4) is 0 Å².